The first-order chi connectivity index (χ1) is 9.12. The van der Waals surface area contributed by atoms with Crippen LogP contribution < -0.4 is 0 Å². The summed E-state index contributed by atoms with van der Waals surface area (Å²) >= 11 is 0. The molecular weight excluding hydrogens is 244 g/mol. The maximum atomic E-state index is 10.4. The molecule has 0 spiro atoms. The highest BCUT2D eigenvalue weighted by Crippen LogP contribution is 2.33. The van der Waals surface area contributed by atoms with Gasteiger partial charge in [0, 0.05) is 12.8 Å². The van der Waals surface area contributed by atoms with Gasteiger partial charge in [-0.2, -0.15) is 0 Å². The van der Waals surface area contributed by atoms with Gasteiger partial charge in [-0.3, -0.25) is 0 Å². The van der Waals surface area contributed by atoms with E-state index in [2.05, 4.69) is 10.2 Å². The van der Waals surface area contributed by atoms with Gasteiger partial charge in [-0.05, 0) is 12.2 Å². The van der Waals surface area contributed by atoms with E-state index in [0.717, 1.165) is 0 Å². The Morgan fingerprint density at radius 2 is 1.32 bits per heavy atom. The molecule has 0 radical (unpaired) electrons. The summed E-state index contributed by atoms with van der Waals surface area (Å²) in [7, 11) is 0. The van der Waals surface area contributed by atoms with E-state index in [0.29, 0.717) is 12.8 Å². The highest BCUT2D eigenvalue weighted by Gasteiger charge is 2.37. The van der Waals surface area contributed by atoms with Crippen molar-refractivity contribution in [3.8, 4) is 0 Å². The summed E-state index contributed by atoms with van der Waals surface area (Å²) in [6.45, 7) is 0. The summed E-state index contributed by atoms with van der Waals surface area (Å²) in [5.74, 6) is 0.193. The molecule has 2 aliphatic carbocycles. The van der Waals surface area contributed by atoms with E-state index in [-0.39, 0.29) is 11.8 Å². The lowest BCUT2D eigenvalue weighted by atomic mass is 9.95. The van der Waals surface area contributed by atoms with E-state index in [1.807, 2.05) is 24.3 Å². The molecule has 98 valence electrons. The van der Waals surface area contributed by atoms with Gasteiger partial charge in [-0.15, -0.1) is 10.2 Å². The third-order valence-corrected chi connectivity index (χ3v) is 3.26. The first-order valence-electron chi connectivity index (χ1n) is 6.10. The van der Waals surface area contributed by atoms with Crippen LogP contribution in [-0.2, 0) is 11.2 Å². The minimum atomic E-state index is -1.29. The predicted octanol–water partition coefficient (Wildman–Crippen LogP) is 1.48. The molecule has 2 N–H and O–H groups in total. The summed E-state index contributed by atoms with van der Waals surface area (Å²) in [6.07, 6.45) is 14.7. The van der Waals surface area contributed by atoms with E-state index >= 15 is 0 Å². The van der Waals surface area contributed by atoms with Gasteiger partial charge in [0.25, 0.3) is 11.8 Å². The SMILES string of the molecule is OC1(c2nnc(C3(O)C=CC=CC3)o2)C=CC=CC1. The van der Waals surface area contributed by atoms with E-state index in [9.17, 15) is 10.2 Å². The smallest absolute Gasteiger partial charge is 0.252 e. The molecule has 0 amide bonds. The minimum Gasteiger partial charge on any atom is -0.418 e. The van der Waals surface area contributed by atoms with E-state index in [1.54, 1.807) is 24.3 Å². The maximum absolute atomic E-state index is 10.4. The fourth-order valence-electron chi connectivity index (χ4n) is 2.11. The molecule has 0 aliphatic heterocycles. The third-order valence-electron chi connectivity index (χ3n) is 3.26. The van der Waals surface area contributed by atoms with Crippen molar-refractivity contribution >= 4 is 0 Å². The Morgan fingerprint density at radius 1 is 0.842 bits per heavy atom. The average molecular weight is 258 g/mol. The average Bonchev–Trinajstić information content (AvgIpc) is 2.91. The Balaban J connectivity index is 1.92. The molecule has 1 heterocycles. The van der Waals surface area contributed by atoms with Gasteiger partial charge >= 0.3 is 0 Å². The van der Waals surface area contributed by atoms with Crippen molar-refractivity contribution in [1.82, 2.24) is 10.2 Å². The molecule has 0 saturated heterocycles. The van der Waals surface area contributed by atoms with Crippen LogP contribution in [0.3, 0.4) is 0 Å². The van der Waals surface area contributed by atoms with Crippen LogP contribution in [0.25, 0.3) is 0 Å². The predicted molar refractivity (Wildman–Crippen MR) is 67.9 cm³/mol. The fourth-order valence-corrected chi connectivity index (χ4v) is 2.11. The van der Waals surface area contributed by atoms with Gasteiger partial charge in [0.2, 0.25) is 0 Å². The molecule has 3 rings (SSSR count). The number of hydrogen-bond donors (Lipinski definition) is 2. The van der Waals surface area contributed by atoms with Crippen molar-refractivity contribution in [2.24, 2.45) is 0 Å². The second-order valence-electron chi connectivity index (χ2n) is 4.74. The molecule has 0 fully saturated rings. The van der Waals surface area contributed by atoms with Crippen molar-refractivity contribution in [2.45, 2.75) is 24.0 Å². The van der Waals surface area contributed by atoms with Crippen molar-refractivity contribution in [3.63, 3.8) is 0 Å². The summed E-state index contributed by atoms with van der Waals surface area (Å²) in [4.78, 5) is 0. The summed E-state index contributed by atoms with van der Waals surface area (Å²) in [6, 6.07) is 0. The Hall–Kier alpha value is -1.98. The Labute approximate surface area is 110 Å². The number of allylic oxidation sites excluding steroid dienone is 4. The van der Waals surface area contributed by atoms with Crippen LogP contribution in [0.15, 0.2) is 53.0 Å². The lowest BCUT2D eigenvalue weighted by Crippen LogP contribution is -2.25. The lowest BCUT2D eigenvalue weighted by Gasteiger charge is -2.22. The summed E-state index contributed by atoms with van der Waals surface area (Å²) < 4.78 is 5.48. The first-order valence-corrected chi connectivity index (χ1v) is 6.10. The first kappa shape index (κ1) is 12.1. The molecule has 0 aromatic carbocycles. The van der Waals surface area contributed by atoms with Crippen molar-refractivity contribution in [3.05, 3.63) is 60.4 Å². The molecule has 1 aromatic rings. The molecular formula is C14H14N2O3. The molecule has 0 saturated carbocycles. The van der Waals surface area contributed by atoms with Crippen LogP contribution in [0.5, 0.6) is 0 Å². The number of rotatable bonds is 2. The molecule has 5 nitrogen and oxygen atoms in total. The van der Waals surface area contributed by atoms with Crippen molar-refractivity contribution in [1.29, 1.82) is 0 Å². The monoisotopic (exact) mass is 258 g/mol. The Bertz CT molecular complexity index is 549. The molecule has 0 bridgehead atoms. The van der Waals surface area contributed by atoms with Crippen LogP contribution in [0.1, 0.15) is 24.6 Å². The molecule has 19 heavy (non-hydrogen) atoms. The van der Waals surface area contributed by atoms with Crippen molar-refractivity contribution in [2.75, 3.05) is 0 Å². The van der Waals surface area contributed by atoms with Crippen LogP contribution in [0.4, 0.5) is 0 Å². The fraction of sp³-hybridized carbons (Fsp3) is 0.286. The molecule has 2 unspecified atom stereocenters. The molecule has 5 heteroatoms. The van der Waals surface area contributed by atoms with Crippen LogP contribution in [0.2, 0.25) is 0 Å². The summed E-state index contributed by atoms with van der Waals surface area (Å²) in [5, 5.41) is 28.5. The zero-order chi connectivity index (χ0) is 13.3. The third kappa shape index (κ3) is 2.07. The zero-order valence-corrected chi connectivity index (χ0v) is 10.2. The van der Waals surface area contributed by atoms with Crippen LogP contribution in [0, 0.1) is 0 Å². The normalized spacial score (nSPS) is 32.9. The zero-order valence-electron chi connectivity index (χ0n) is 10.2. The van der Waals surface area contributed by atoms with Gasteiger partial charge in [-0.1, -0.05) is 36.5 Å². The second-order valence-corrected chi connectivity index (χ2v) is 4.74. The van der Waals surface area contributed by atoms with Gasteiger partial charge in [0.15, 0.2) is 11.2 Å². The largest absolute Gasteiger partial charge is 0.418 e. The highest BCUT2D eigenvalue weighted by molar-refractivity contribution is 5.25. The number of aliphatic hydroxyl groups is 2. The van der Waals surface area contributed by atoms with Gasteiger partial charge in [0.05, 0.1) is 0 Å². The van der Waals surface area contributed by atoms with Crippen molar-refractivity contribution < 1.29 is 14.6 Å². The standard InChI is InChI=1S/C14H14N2O3/c17-13(7-3-1-4-8-13)11-15-16-12(19-11)14(18)9-5-2-6-10-14/h1-7,9,17-18H,8,10H2. The van der Waals surface area contributed by atoms with Gasteiger partial charge in [0.1, 0.15) is 0 Å². The molecule has 2 aliphatic rings. The second kappa shape index (κ2) is 4.29. The quantitative estimate of drug-likeness (QED) is 0.840. The van der Waals surface area contributed by atoms with Crippen LogP contribution in [-0.4, -0.2) is 20.4 Å². The number of aromatic nitrogens is 2. The topological polar surface area (TPSA) is 79.4 Å². The van der Waals surface area contributed by atoms with E-state index in [4.69, 9.17) is 4.42 Å². The van der Waals surface area contributed by atoms with Gasteiger partial charge in [-0.25, -0.2) is 0 Å². The Kier molecular flexibility index (Phi) is 2.73. The van der Waals surface area contributed by atoms with Crippen LogP contribution >= 0.6 is 0 Å². The maximum Gasteiger partial charge on any atom is 0.252 e. The highest BCUT2D eigenvalue weighted by atomic mass is 16.4. The molecule has 1 aromatic heterocycles. The van der Waals surface area contributed by atoms with E-state index in [1.165, 1.54) is 0 Å². The van der Waals surface area contributed by atoms with Gasteiger partial charge < -0.3 is 14.6 Å². The number of nitrogens with zero attached hydrogens (tertiary/aromatic N) is 2. The lowest BCUT2D eigenvalue weighted by molar-refractivity contribution is 0.0363. The molecule has 2 atom stereocenters. The minimum absolute atomic E-state index is 0.0967. The Morgan fingerprint density at radius 3 is 1.68 bits per heavy atom. The summed E-state index contributed by atoms with van der Waals surface area (Å²) in [5.41, 5.74) is -2.57. The van der Waals surface area contributed by atoms with E-state index < -0.39 is 11.2 Å². The number of hydrogen-bond acceptors (Lipinski definition) is 5.